The van der Waals surface area contributed by atoms with Gasteiger partial charge in [0.25, 0.3) is 10.0 Å². The molecule has 0 aliphatic heterocycles. The van der Waals surface area contributed by atoms with E-state index in [4.69, 9.17) is 37.4 Å². The number of rotatable bonds is 13. The van der Waals surface area contributed by atoms with Crippen LogP contribution in [-0.4, -0.2) is 54.5 Å². The van der Waals surface area contributed by atoms with Crippen molar-refractivity contribution in [3.8, 4) is 17.2 Å². The minimum Gasteiger partial charge on any atom is -0.495 e. The Morgan fingerprint density at radius 3 is 2.16 bits per heavy atom. The van der Waals surface area contributed by atoms with Crippen LogP contribution in [0.1, 0.15) is 5.56 Å². The van der Waals surface area contributed by atoms with Gasteiger partial charge >= 0.3 is 0 Å². The second-order valence-corrected chi connectivity index (χ2v) is 11.7. The summed E-state index contributed by atoms with van der Waals surface area (Å²) in [5.74, 6) is 1.75. The van der Waals surface area contributed by atoms with Crippen molar-refractivity contribution >= 4 is 56.6 Å². The number of ether oxygens (including phenoxy) is 3. The lowest BCUT2D eigenvalue weighted by molar-refractivity contribution is -0.119. The number of hydrogen-bond acceptors (Lipinski definition) is 7. The molecule has 0 unspecified atom stereocenters. The molecule has 8 nitrogen and oxygen atoms in total. The molecule has 0 saturated carbocycles. The molecule has 3 aromatic carbocycles. The van der Waals surface area contributed by atoms with Gasteiger partial charge in [-0.25, -0.2) is 8.42 Å². The van der Waals surface area contributed by atoms with E-state index in [0.717, 1.165) is 15.6 Å². The molecule has 3 aromatic rings. The van der Waals surface area contributed by atoms with Gasteiger partial charge in [0.15, 0.2) is 11.5 Å². The standard InChI is InChI=1S/C26H28Cl2N2O6S2/c1-34-23-10-8-20(28)14-22(23)30(38(32,33)21-9-11-24(35-2)25(15-21)36-3)16-26(31)29-12-13-37-17-18-4-6-19(27)7-5-18/h4-11,14-15H,12-13,16-17H2,1-3H3,(H,29,31). The number of benzene rings is 3. The Bertz CT molecular complexity index is 1350. The fraction of sp³-hybridized carbons (Fsp3) is 0.269. The Balaban J connectivity index is 1.79. The van der Waals surface area contributed by atoms with Crippen molar-refractivity contribution in [1.82, 2.24) is 5.32 Å². The number of hydrogen-bond donors (Lipinski definition) is 1. The van der Waals surface area contributed by atoms with E-state index in [1.165, 1.54) is 45.6 Å². The van der Waals surface area contributed by atoms with Crippen molar-refractivity contribution < 1.29 is 27.4 Å². The highest BCUT2D eigenvalue weighted by Crippen LogP contribution is 2.37. The van der Waals surface area contributed by atoms with Gasteiger partial charge in [0.2, 0.25) is 5.91 Å². The topological polar surface area (TPSA) is 94.2 Å². The predicted molar refractivity (Wildman–Crippen MR) is 153 cm³/mol. The molecule has 38 heavy (non-hydrogen) atoms. The molecule has 12 heteroatoms. The summed E-state index contributed by atoms with van der Waals surface area (Å²) in [5, 5.41) is 3.75. The maximum atomic E-state index is 13.8. The number of halogens is 2. The molecule has 0 aromatic heterocycles. The van der Waals surface area contributed by atoms with Crippen molar-refractivity contribution in [3.05, 3.63) is 76.3 Å². The van der Waals surface area contributed by atoms with Crippen molar-refractivity contribution in [3.63, 3.8) is 0 Å². The van der Waals surface area contributed by atoms with Crippen molar-refractivity contribution in [1.29, 1.82) is 0 Å². The largest absolute Gasteiger partial charge is 0.495 e. The number of sulfonamides is 1. The van der Waals surface area contributed by atoms with Gasteiger partial charge in [-0.2, -0.15) is 11.8 Å². The van der Waals surface area contributed by atoms with Gasteiger partial charge in [0.05, 0.1) is 31.9 Å². The number of carbonyl (C=O) groups excluding carboxylic acids is 1. The first-order valence-electron chi connectivity index (χ1n) is 11.4. The van der Waals surface area contributed by atoms with E-state index in [-0.39, 0.29) is 27.1 Å². The number of methoxy groups -OCH3 is 3. The van der Waals surface area contributed by atoms with Gasteiger partial charge in [0.1, 0.15) is 12.3 Å². The highest BCUT2D eigenvalue weighted by Gasteiger charge is 2.30. The third kappa shape index (κ3) is 7.63. The highest BCUT2D eigenvalue weighted by atomic mass is 35.5. The second kappa shape index (κ2) is 13.8. The van der Waals surface area contributed by atoms with Gasteiger partial charge in [-0.05, 0) is 48.0 Å². The molecule has 1 amide bonds. The zero-order chi connectivity index (χ0) is 27.7. The van der Waals surface area contributed by atoms with E-state index < -0.39 is 22.5 Å². The molecule has 204 valence electrons. The van der Waals surface area contributed by atoms with E-state index in [0.29, 0.717) is 23.1 Å². The Hall–Kier alpha value is -2.79. The summed E-state index contributed by atoms with van der Waals surface area (Å²) in [6, 6.07) is 16.3. The van der Waals surface area contributed by atoms with E-state index in [2.05, 4.69) is 5.32 Å². The van der Waals surface area contributed by atoms with Gasteiger partial charge in [-0.3, -0.25) is 9.10 Å². The molecule has 0 spiro atoms. The van der Waals surface area contributed by atoms with Crippen LogP contribution in [0.25, 0.3) is 0 Å². The van der Waals surface area contributed by atoms with Crippen molar-refractivity contribution in [2.75, 3.05) is 44.5 Å². The van der Waals surface area contributed by atoms with Crippen molar-refractivity contribution in [2.24, 2.45) is 0 Å². The maximum absolute atomic E-state index is 13.8. The summed E-state index contributed by atoms with van der Waals surface area (Å²) in [4.78, 5) is 12.8. The Morgan fingerprint density at radius 1 is 0.868 bits per heavy atom. The second-order valence-electron chi connectivity index (χ2n) is 7.87. The number of nitrogens with zero attached hydrogens (tertiary/aromatic N) is 1. The predicted octanol–water partition coefficient (Wildman–Crippen LogP) is 5.26. The summed E-state index contributed by atoms with van der Waals surface area (Å²) in [6.45, 7) is -0.136. The summed E-state index contributed by atoms with van der Waals surface area (Å²) in [6.07, 6.45) is 0. The first kappa shape index (κ1) is 29.8. The first-order valence-corrected chi connectivity index (χ1v) is 14.7. The quantitative estimate of drug-likeness (QED) is 0.268. The van der Waals surface area contributed by atoms with Crippen LogP contribution < -0.4 is 23.8 Å². The van der Waals surface area contributed by atoms with Gasteiger partial charge < -0.3 is 19.5 Å². The minimum absolute atomic E-state index is 0.0940. The average Bonchev–Trinajstić information content (AvgIpc) is 2.92. The van der Waals surface area contributed by atoms with E-state index in [1.54, 1.807) is 23.9 Å². The van der Waals surface area contributed by atoms with Crippen LogP contribution in [0, 0.1) is 0 Å². The summed E-state index contributed by atoms with van der Waals surface area (Å²) < 4.78 is 44.5. The molecule has 1 N–H and O–H groups in total. The Kier molecular flexibility index (Phi) is 10.8. The molecule has 0 saturated heterocycles. The zero-order valence-electron chi connectivity index (χ0n) is 21.1. The number of amides is 1. The lowest BCUT2D eigenvalue weighted by Crippen LogP contribution is -2.41. The smallest absolute Gasteiger partial charge is 0.265 e. The monoisotopic (exact) mass is 598 g/mol. The number of nitrogens with one attached hydrogen (secondary N) is 1. The fourth-order valence-electron chi connectivity index (χ4n) is 3.48. The van der Waals surface area contributed by atoms with Crippen LogP contribution in [0.3, 0.4) is 0 Å². The summed E-state index contributed by atoms with van der Waals surface area (Å²) in [5.41, 5.74) is 1.24. The Morgan fingerprint density at radius 2 is 1.50 bits per heavy atom. The summed E-state index contributed by atoms with van der Waals surface area (Å²) in [7, 11) is 0.0188. The third-order valence-electron chi connectivity index (χ3n) is 5.39. The van der Waals surface area contributed by atoms with Crippen LogP contribution in [0.4, 0.5) is 5.69 Å². The number of anilines is 1. The van der Waals surface area contributed by atoms with Crippen LogP contribution in [0.2, 0.25) is 10.0 Å². The lowest BCUT2D eigenvalue weighted by Gasteiger charge is -2.26. The van der Waals surface area contributed by atoms with E-state index in [1.807, 2.05) is 24.3 Å². The first-order chi connectivity index (χ1) is 18.2. The van der Waals surface area contributed by atoms with E-state index in [9.17, 15) is 13.2 Å². The molecule has 0 fully saturated rings. The lowest BCUT2D eigenvalue weighted by atomic mass is 10.2. The van der Waals surface area contributed by atoms with Crippen LogP contribution in [0.5, 0.6) is 17.2 Å². The van der Waals surface area contributed by atoms with Crippen LogP contribution in [0.15, 0.2) is 65.6 Å². The van der Waals surface area contributed by atoms with E-state index >= 15 is 0 Å². The fourth-order valence-corrected chi connectivity index (χ4v) is 6.03. The normalized spacial score (nSPS) is 11.1. The molecule has 0 heterocycles. The molecular formula is C26H28Cl2N2O6S2. The Labute approximate surface area is 237 Å². The summed E-state index contributed by atoms with van der Waals surface area (Å²) >= 11 is 13.7. The van der Waals surface area contributed by atoms with Crippen LogP contribution in [-0.2, 0) is 20.6 Å². The third-order valence-corrected chi connectivity index (χ3v) is 8.66. The molecule has 0 bridgehead atoms. The zero-order valence-corrected chi connectivity index (χ0v) is 24.2. The minimum atomic E-state index is -4.25. The van der Waals surface area contributed by atoms with Crippen LogP contribution >= 0.6 is 35.0 Å². The molecule has 3 rings (SSSR count). The average molecular weight is 600 g/mol. The SMILES string of the molecule is COc1ccc(S(=O)(=O)N(CC(=O)NCCSCc2ccc(Cl)cc2)c2cc(Cl)ccc2OC)cc1OC. The van der Waals surface area contributed by atoms with Gasteiger partial charge in [0, 0.05) is 34.2 Å². The van der Waals surface area contributed by atoms with Crippen molar-refractivity contribution in [2.45, 2.75) is 10.6 Å². The highest BCUT2D eigenvalue weighted by molar-refractivity contribution is 7.98. The molecular weight excluding hydrogens is 571 g/mol. The molecule has 0 aliphatic carbocycles. The number of thioether (sulfide) groups is 1. The molecule has 0 radical (unpaired) electrons. The molecule has 0 atom stereocenters. The van der Waals surface area contributed by atoms with Gasteiger partial charge in [-0.15, -0.1) is 0 Å². The number of carbonyl (C=O) groups is 1. The maximum Gasteiger partial charge on any atom is 0.265 e. The van der Waals surface area contributed by atoms with Gasteiger partial charge in [-0.1, -0.05) is 35.3 Å². The molecule has 0 aliphatic rings.